The molecule has 1 nitrogen and oxygen atoms in total. The van der Waals surface area contributed by atoms with Crippen LogP contribution in [0.3, 0.4) is 0 Å². The predicted octanol–water partition coefficient (Wildman–Crippen LogP) is 4.92. The zero-order valence-corrected chi connectivity index (χ0v) is 11.9. The molecule has 1 unspecified atom stereocenters. The number of hydrogen-bond donors (Lipinski definition) is 1. The van der Waals surface area contributed by atoms with Crippen LogP contribution in [0.2, 0.25) is 0 Å². The van der Waals surface area contributed by atoms with Gasteiger partial charge in [-0.25, -0.2) is 0 Å². The Hall–Kier alpha value is -0.0400. The minimum atomic E-state index is -0.393. The summed E-state index contributed by atoms with van der Waals surface area (Å²) >= 11 is 0. The standard InChI is InChI=1S/C15H32O/c1-5-9-10-11-12-13-15(16,8-4)14(6-2)7-3/h14,16H,5-13H2,1-4H3. The Kier molecular flexibility index (Phi) is 9.02. The number of rotatable bonds is 10. The molecule has 1 atom stereocenters. The van der Waals surface area contributed by atoms with Gasteiger partial charge in [0.2, 0.25) is 0 Å². The second-order valence-corrected chi connectivity index (χ2v) is 5.13. The Bertz CT molecular complexity index is 152. The Morgan fingerprint density at radius 2 is 1.44 bits per heavy atom. The number of aliphatic hydroxyl groups is 1. The van der Waals surface area contributed by atoms with E-state index in [-0.39, 0.29) is 0 Å². The molecular formula is C15H32O. The fourth-order valence-electron chi connectivity index (χ4n) is 2.75. The zero-order chi connectivity index (χ0) is 12.4. The number of unbranched alkanes of at least 4 members (excludes halogenated alkanes) is 4. The van der Waals surface area contributed by atoms with E-state index in [9.17, 15) is 5.11 Å². The highest BCUT2D eigenvalue weighted by atomic mass is 16.3. The molecule has 0 amide bonds. The third kappa shape index (κ3) is 5.34. The quantitative estimate of drug-likeness (QED) is 0.526. The molecular weight excluding hydrogens is 196 g/mol. The molecule has 0 heterocycles. The summed E-state index contributed by atoms with van der Waals surface area (Å²) in [5, 5.41) is 10.6. The Morgan fingerprint density at radius 1 is 0.875 bits per heavy atom. The van der Waals surface area contributed by atoms with Gasteiger partial charge in [0, 0.05) is 0 Å². The molecule has 0 aliphatic rings. The molecule has 0 saturated heterocycles. The molecule has 1 N–H and O–H groups in total. The third-order valence-electron chi connectivity index (χ3n) is 4.07. The van der Waals surface area contributed by atoms with Crippen LogP contribution in [0.4, 0.5) is 0 Å². The topological polar surface area (TPSA) is 20.2 Å². The van der Waals surface area contributed by atoms with Gasteiger partial charge in [-0.1, -0.05) is 72.6 Å². The van der Waals surface area contributed by atoms with E-state index in [1.807, 2.05) is 0 Å². The number of hydrogen-bond acceptors (Lipinski definition) is 1. The lowest BCUT2D eigenvalue weighted by Gasteiger charge is -2.34. The molecule has 16 heavy (non-hydrogen) atoms. The van der Waals surface area contributed by atoms with Gasteiger partial charge in [0.05, 0.1) is 5.60 Å². The van der Waals surface area contributed by atoms with Crippen molar-refractivity contribution in [2.24, 2.45) is 5.92 Å². The summed E-state index contributed by atoms with van der Waals surface area (Å²) in [7, 11) is 0. The maximum absolute atomic E-state index is 10.6. The van der Waals surface area contributed by atoms with Crippen LogP contribution in [0.1, 0.15) is 85.5 Å². The summed E-state index contributed by atoms with van der Waals surface area (Å²) in [6.07, 6.45) is 10.6. The molecule has 0 aromatic carbocycles. The molecule has 0 aliphatic carbocycles. The summed E-state index contributed by atoms with van der Waals surface area (Å²) in [5.41, 5.74) is -0.393. The first-order valence-corrected chi connectivity index (χ1v) is 7.36. The van der Waals surface area contributed by atoms with E-state index in [0.717, 1.165) is 25.7 Å². The summed E-state index contributed by atoms with van der Waals surface area (Å²) in [6.45, 7) is 8.77. The van der Waals surface area contributed by atoms with Gasteiger partial charge in [0.15, 0.2) is 0 Å². The van der Waals surface area contributed by atoms with Crippen LogP contribution in [0.25, 0.3) is 0 Å². The van der Waals surface area contributed by atoms with Crippen molar-refractivity contribution < 1.29 is 5.11 Å². The van der Waals surface area contributed by atoms with E-state index >= 15 is 0 Å². The first-order valence-electron chi connectivity index (χ1n) is 7.36. The summed E-state index contributed by atoms with van der Waals surface area (Å²) in [6, 6.07) is 0. The van der Waals surface area contributed by atoms with Crippen molar-refractivity contribution in [3.63, 3.8) is 0 Å². The van der Waals surface area contributed by atoms with E-state index in [1.165, 1.54) is 32.1 Å². The molecule has 1 heteroatoms. The zero-order valence-electron chi connectivity index (χ0n) is 11.9. The molecule has 0 aromatic rings. The fraction of sp³-hybridized carbons (Fsp3) is 1.00. The van der Waals surface area contributed by atoms with Crippen LogP contribution in [0, 0.1) is 5.92 Å². The Labute approximate surface area is 103 Å². The average Bonchev–Trinajstić information content (AvgIpc) is 2.30. The summed E-state index contributed by atoms with van der Waals surface area (Å²) in [5.74, 6) is 0.490. The normalized spacial score (nSPS) is 15.4. The SMILES string of the molecule is CCCCCCCC(O)(CC)C(CC)CC. The smallest absolute Gasteiger partial charge is 0.0673 e. The lowest BCUT2D eigenvalue weighted by atomic mass is 9.78. The third-order valence-corrected chi connectivity index (χ3v) is 4.07. The van der Waals surface area contributed by atoms with Gasteiger partial charge in [-0.05, 0) is 18.8 Å². The van der Waals surface area contributed by atoms with Crippen LogP contribution in [-0.4, -0.2) is 10.7 Å². The molecule has 0 spiro atoms. The summed E-state index contributed by atoms with van der Waals surface area (Å²) in [4.78, 5) is 0. The van der Waals surface area contributed by atoms with Crippen molar-refractivity contribution in [1.82, 2.24) is 0 Å². The first-order chi connectivity index (χ1) is 7.64. The average molecular weight is 228 g/mol. The lowest BCUT2D eigenvalue weighted by Crippen LogP contribution is -2.36. The maximum atomic E-state index is 10.6. The van der Waals surface area contributed by atoms with Crippen LogP contribution in [0.15, 0.2) is 0 Å². The van der Waals surface area contributed by atoms with Crippen LogP contribution < -0.4 is 0 Å². The van der Waals surface area contributed by atoms with Gasteiger partial charge in [0.1, 0.15) is 0 Å². The van der Waals surface area contributed by atoms with Crippen LogP contribution in [-0.2, 0) is 0 Å². The van der Waals surface area contributed by atoms with Crippen LogP contribution in [0.5, 0.6) is 0 Å². The van der Waals surface area contributed by atoms with Crippen molar-refractivity contribution in [2.45, 2.75) is 91.1 Å². The van der Waals surface area contributed by atoms with E-state index in [1.54, 1.807) is 0 Å². The van der Waals surface area contributed by atoms with Gasteiger partial charge in [-0.3, -0.25) is 0 Å². The fourth-order valence-corrected chi connectivity index (χ4v) is 2.75. The molecule has 0 aliphatic heterocycles. The van der Waals surface area contributed by atoms with Gasteiger partial charge in [0.25, 0.3) is 0 Å². The molecule has 0 radical (unpaired) electrons. The molecule has 0 saturated carbocycles. The minimum Gasteiger partial charge on any atom is -0.390 e. The van der Waals surface area contributed by atoms with Crippen molar-refractivity contribution in [3.8, 4) is 0 Å². The highest BCUT2D eigenvalue weighted by Gasteiger charge is 2.31. The molecule has 0 rings (SSSR count). The van der Waals surface area contributed by atoms with E-state index in [2.05, 4.69) is 27.7 Å². The maximum Gasteiger partial charge on any atom is 0.0673 e. The predicted molar refractivity (Wildman–Crippen MR) is 72.7 cm³/mol. The molecule has 0 fully saturated rings. The lowest BCUT2D eigenvalue weighted by molar-refractivity contribution is -0.0348. The first kappa shape index (κ1) is 16.0. The second-order valence-electron chi connectivity index (χ2n) is 5.13. The van der Waals surface area contributed by atoms with Crippen molar-refractivity contribution in [3.05, 3.63) is 0 Å². The van der Waals surface area contributed by atoms with Gasteiger partial charge >= 0.3 is 0 Å². The van der Waals surface area contributed by atoms with Gasteiger partial charge < -0.3 is 5.11 Å². The van der Waals surface area contributed by atoms with Crippen molar-refractivity contribution >= 4 is 0 Å². The monoisotopic (exact) mass is 228 g/mol. The van der Waals surface area contributed by atoms with Crippen LogP contribution >= 0.6 is 0 Å². The minimum absolute atomic E-state index is 0.393. The Morgan fingerprint density at radius 3 is 1.88 bits per heavy atom. The van der Waals surface area contributed by atoms with Crippen molar-refractivity contribution in [1.29, 1.82) is 0 Å². The van der Waals surface area contributed by atoms with Gasteiger partial charge in [-0.15, -0.1) is 0 Å². The van der Waals surface area contributed by atoms with Gasteiger partial charge in [-0.2, -0.15) is 0 Å². The molecule has 0 bridgehead atoms. The van der Waals surface area contributed by atoms with E-state index < -0.39 is 5.60 Å². The van der Waals surface area contributed by atoms with E-state index in [0.29, 0.717) is 5.92 Å². The summed E-state index contributed by atoms with van der Waals surface area (Å²) < 4.78 is 0. The highest BCUT2D eigenvalue weighted by molar-refractivity contribution is 4.83. The largest absolute Gasteiger partial charge is 0.390 e. The van der Waals surface area contributed by atoms with E-state index in [4.69, 9.17) is 0 Å². The second kappa shape index (κ2) is 9.04. The molecule has 98 valence electrons. The highest BCUT2D eigenvalue weighted by Crippen LogP contribution is 2.32. The van der Waals surface area contributed by atoms with Crippen molar-refractivity contribution in [2.75, 3.05) is 0 Å². The Balaban J connectivity index is 3.95. The molecule has 0 aromatic heterocycles.